The van der Waals surface area contributed by atoms with Crippen molar-refractivity contribution in [3.05, 3.63) is 47.1 Å². The fourth-order valence-corrected chi connectivity index (χ4v) is 3.37. The van der Waals surface area contributed by atoms with Crippen molar-refractivity contribution in [2.75, 3.05) is 13.7 Å². The molecule has 1 amide bonds. The molecule has 8 heteroatoms. The molecule has 2 atom stereocenters. The van der Waals surface area contributed by atoms with E-state index in [1.54, 1.807) is 18.1 Å². The highest BCUT2D eigenvalue weighted by atomic mass is 35.5. The maximum atomic E-state index is 13.0. The van der Waals surface area contributed by atoms with E-state index >= 15 is 0 Å². The van der Waals surface area contributed by atoms with Crippen molar-refractivity contribution in [1.29, 1.82) is 0 Å². The number of carbonyl (C=O) groups excluding carboxylic acids is 1. The number of carbonyl (C=O) groups is 1. The lowest BCUT2D eigenvalue weighted by Crippen LogP contribution is -2.32. The van der Waals surface area contributed by atoms with Crippen molar-refractivity contribution in [2.24, 2.45) is 0 Å². The lowest BCUT2D eigenvalue weighted by molar-refractivity contribution is 0.0679. The third kappa shape index (κ3) is 2.55. The first-order valence-electron chi connectivity index (χ1n) is 7.63. The van der Waals surface area contributed by atoms with E-state index in [0.29, 0.717) is 29.5 Å². The van der Waals surface area contributed by atoms with E-state index in [2.05, 4.69) is 20.2 Å². The molecule has 0 unspecified atom stereocenters. The molecule has 0 radical (unpaired) electrons. The highest BCUT2D eigenvalue weighted by Gasteiger charge is 2.38. The first-order chi connectivity index (χ1) is 11.7. The summed E-state index contributed by atoms with van der Waals surface area (Å²) in [6, 6.07) is 7.16. The van der Waals surface area contributed by atoms with Gasteiger partial charge in [0, 0.05) is 36.0 Å². The number of methoxy groups -OCH3 is 1. The van der Waals surface area contributed by atoms with E-state index in [0.717, 1.165) is 10.9 Å². The average Bonchev–Trinajstić information content (AvgIpc) is 3.31. The van der Waals surface area contributed by atoms with Gasteiger partial charge in [0.1, 0.15) is 17.8 Å². The van der Waals surface area contributed by atoms with E-state index in [9.17, 15) is 4.79 Å². The predicted molar refractivity (Wildman–Crippen MR) is 88.9 cm³/mol. The van der Waals surface area contributed by atoms with Crippen LogP contribution in [0, 0.1) is 0 Å². The monoisotopic (exact) mass is 345 g/mol. The standard InChI is InChI=1S/C16H16ClN5O2/c1-24-11-6-14(15-18-8-19-21-15)22(7-11)16(23)13-4-9-2-3-10(17)5-12(9)20-13/h2-5,8,11,14,20H,6-7H2,1H3,(H,18,19,21)/t11-,14+/m1/s1. The number of hydrogen-bond donors (Lipinski definition) is 2. The van der Waals surface area contributed by atoms with Crippen LogP contribution in [0.2, 0.25) is 5.02 Å². The highest BCUT2D eigenvalue weighted by Crippen LogP contribution is 2.33. The van der Waals surface area contributed by atoms with Crippen LogP contribution >= 0.6 is 11.6 Å². The summed E-state index contributed by atoms with van der Waals surface area (Å²) < 4.78 is 5.45. The Morgan fingerprint density at radius 3 is 3.04 bits per heavy atom. The Labute approximate surface area is 143 Å². The zero-order chi connectivity index (χ0) is 16.7. The van der Waals surface area contributed by atoms with Crippen LogP contribution in [0.4, 0.5) is 0 Å². The molecule has 2 aromatic heterocycles. The quantitative estimate of drug-likeness (QED) is 0.763. The molecular weight excluding hydrogens is 330 g/mol. The van der Waals surface area contributed by atoms with Gasteiger partial charge < -0.3 is 14.6 Å². The van der Waals surface area contributed by atoms with Crippen molar-refractivity contribution in [3.63, 3.8) is 0 Å². The molecule has 3 aromatic rings. The molecular formula is C16H16ClN5O2. The molecule has 24 heavy (non-hydrogen) atoms. The van der Waals surface area contributed by atoms with Gasteiger partial charge in [-0.05, 0) is 18.2 Å². The number of ether oxygens (including phenoxy) is 1. The summed E-state index contributed by atoms with van der Waals surface area (Å²) in [6.07, 6.45) is 2.11. The van der Waals surface area contributed by atoms with Crippen LogP contribution in [0.5, 0.6) is 0 Å². The lowest BCUT2D eigenvalue weighted by atomic mass is 10.2. The largest absolute Gasteiger partial charge is 0.380 e. The van der Waals surface area contributed by atoms with Crippen LogP contribution in [0.15, 0.2) is 30.6 Å². The summed E-state index contributed by atoms with van der Waals surface area (Å²) in [4.78, 5) is 22.1. The molecule has 2 N–H and O–H groups in total. The number of H-pyrrole nitrogens is 2. The van der Waals surface area contributed by atoms with E-state index < -0.39 is 0 Å². The topological polar surface area (TPSA) is 86.9 Å². The summed E-state index contributed by atoms with van der Waals surface area (Å²) in [5.74, 6) is 0.574. The second kappa shape index (κ2) is 5.92. The van der Waals surface area contributed by atoms with Gasteiger partial charge in [0.15, 0.2) is 0 Å². The first-order valence-corrected chi connectivity index (χ1v) is 8.01. The van der Waals surface area contributed by atoms with Gasteiger partial charge in [-0.15, -0.1) is 0 Å². The molecule has 1 aromatic carbocycles. The van der Waals surface area contributed by atoms with Crippen LogP contribution in [0.3, 0.4) is 0 Å². The summed E-state index contributed by atoms with van der Waals surface area (Å²) in [7, 11) is 1.65. The zero-order valence-electron chi connectivity index (χ0n) is 13.0. The van der Waals surface area contributed by atoms with Gasteiger partial charge in [-0.2, -0.15) is 5.10 Å². The van der Waals surface area contributed by atoms with Crippen molar-refractivity contribution >= 4 is 28.4 Å². The van der Waals surface area contributed by atoms with Crippen molar-refractivity contribution < 1.29 is 9.53 Å². The Balaban J connectivity index is 1.67. The van der Waals surface area contributed by atoms with Crippen molar-refractivity contribution in [2.45, 2.75) is 18.6 Å². The first kappa shape index (κ1) is 15.2. The smallest absolute Gasteiger partial charge is 0.271 e. The third-order valence-corrected chi connectivity index (χ3v) is 4.66. The van der Waals surface area contributed by atoms with Crippen molar-refractivity contribution in [1.82, 2.24) is 25.1 Å². The zero-order valence-corrected chi connectivity index (χ0v) is 13.7. The number of aromatic nitrogens is 4. The van der Waals surface area contributed by atoms with Gasteiger partial charge in [-0.1, -0.05) is 17.7 Å². The van der Waals surface area contributed by atoms with E-state index in [1.165, 1.54) is 6.33 Å². The summed E-state index contributed by atoms with van der Waals surface area (Å²) in [5.41, 5.74) is 1.36. The van der Waals surface area contributed by atoms with Crippen LogP contribution < -0.4 is 0 Å². The number of likely N-dealkylation sites (tertiary alicyclic amines) is 1. The van der Waals surface area contributed by atoms with Crippen LogP contribution in [0.25, 0.3) is 10.9 Å². The number of nitrogens with zero attached hydrogens (tertiary/aromatic N) is 3. The minimum Gasteiger partial charge on any atom is -0.380 e. The molecule has 0 bridgehead atoms. The van der Waals surface area contributed by atoms with Crippen LogP contribution in [-0.4, -0.2) is 50.7 Å². The predicted octanol–water partition coefficient (Wildman–Crippen LogP) is 2.54. The maximum Gasteiger partial charge on any atom is 0.271 e. The molecule has 1 saturated heterocycles. The fourth-order valence-electron chi connectivity index (χ4n) is 3.20. The van der Waals surface area contributed by atoms with Crippen LogP contribution in [-0.2, 0) is 4.74 Å². The minimum absolute atomic E-state index is 0.0251. The number of aromatic amines is 2. The fraction of sp³-hybridized carbons (Fsp3) is 0.312. The molecule has 1 fully saturated rings. The van der Waals surface area contributed by atoms with Gasteiger partial charge >= 0.3 is 0 Å². The van der Waals surface area contributed by atoms with Gasteiger partial charge in [-0.25, -0.2) is 4.98 Å². The number of hydrogen-bond acceptors (Lipinski definition) is 4. The molecule has 3 heterocycles. The second-order valence-corrected chi connectivity index (χ2v) is 6.29. The van der Waals surface area contributed by atoms with Gasteiger partial charge in [0.25, 0.3) is 5.91 Å². The molecule has 124 valence electrons. The third-order valence-electron chi connectivity index (χ3n) is 4.42. The Kier molecular flexibility index (Phi) is 3.74. The van der Waals surface area contributed by atoms with Gasteiger partial charge in [-0.3, -0.25) is 9.89 Å². The number of fused-ring (bicyclic) bond motifs is 1. The Morgan fingerprint density at radius 1 is 1.42 bits per heavy atom. The minimum atomic E-state index is -0.181. The molecule has 1 aliphatic heterocycles. The SMILES string of the molecule is CO[C@@H]1C[C@@H](c2ncn[nH]2)N(C(=O)c2cc3ccc(Cl)cc3[nH]2)C1. The molecule has 0 aliphatic carbocycles. The van der Waals surface area contributed by atoms with Crippen LogP contribution in [0.1, 0.15) is 28.8 Å². The molecule has 7 nitrogen and oxygen atoms in total. The number of benzene rings is 1. The Morgan fingerprint density at radius 2 is 2.29 bits per heavy atom. The highest BCUT2D eigenvalue weighted by molar-refractivity contribution is 6.31. The molecule has 1 aliphatic rings. The average molecular weight is 346 g/mol. The van der Waals surface area contributed by atoms with E-state index in [1.807, 2.05) is 18.2 Å². The summed E-state index contributed by atoms with van der Waals surface area (Å²) in [5, 5.41) is 8.32. The van der Waals surface area contributed by atoms with Crippen molar-refractivity contribution in [3.8, 4) is 0 Å². The lowest BCUT2D eigenvalue weighted by Gasteiger charge is -2.21. The number of halogens is 1. The van der Waals surface area contributed by atoms with Gasteiger partial charge in [0.2, 0.25) is 0 Å². The van der Waals surface area contributed by atoms with Gasteiger partial charge in [0.05, 0.1) is 12.1 Å². The summed E-state index contributed by atoms with van der Waals surface area (Å²) >= 11 is 6.01. The maximum absolute atomic E-state index is 13.0. The molecule has 0 spiro atoms. The summed E-state index contributed by atoms with van der Waals surface area (Å²) in [6.45, 7) is 0.511. The Hall–Kier alpha value is -2.38. The van der Waals surface area contributed by atoms with E-state index in [-0.39, 0.29) is 18.1 Å². The Bertz CT molecular complexity index is 876. The van der Waals surface area contributed by atoms with E-state index in [4.69, 9.17) is 16.3 Å². The normalized spacial score (nSPS) is 20.8. The molecule has 4 rings (SSSR count). The number of nitrogens with one attached hydrogen (secondary N) is 2. The second-order valence-electron chi connectivity index (χ2n) is 5.85. The number of rotatable bonds is 3. The molecule has 0 saturated carbocycles. The number of amides is 1.